The molecular formula is C71H139NO11U. The van der Waals surface area contributed by atoms with Gasteiger partial charge >= 0.3 is 55.0 Å². The average Bonchev–Trinajstić information content (AvgIpc) is 4.04. The number of carbonyl (C=O) groups is 6. The van der Waals surface area contributed by atoms with Gasteiger partial charge in [-0.25, -0.2) is 0 Å². The molecule has 0 radical (unpaired) electrons. The van der Waals surface area contributed by atoms with Gasteiger partial charge in [-0.3, -0.25) is 24.0 Å². The number of esters is 3. The molecule has 3 atom stereocenters. The standard InChI is InChI=1S/C30H52NO6.C18H32O4.C10H20O.C4H10.C3H7.3C2H6.U/c1-3-5-7-9-11-12-14-18-28(33)21-26(22-29(34)36-20-15-13-10-8-6-4-2)23-30(35)37-24-27-17-16-19-31(27)25-32;1-2-3-4-5-6-7-11-18(21)22-14-16(13-17(19)20)12-15-9-8-10-15;1-3-4-5-6-7-8-9-10(2)11;1-3-4-2;1-3-2;3*1-2;/h26-27H,3-24H2,1-2H3;15-16H,2-14H2,1H3,(H,19,20);3-9H2,1-2H3;3-4H2,1-2H3;1,3H2,2H3;3*1-2H3;/q-1;;;;-1;;;;+2. The van der Waals surface area contributed by atoms with Crippen molar-refractivity contribution in [1.82, 2.24) is 4.90 Å². The van der Waals surface area contributed by atoms with E-state index in [0.717, 1.165) is 89.9 Å². The number of likely N-dealkylation sites (tertiary alicyclic amines) is 1. The molecule has 2 fully saturated rings. The third-order valence-electron chi connectivity index (χ3n) is 14.1. The summed E-state index contributed by atoms with van der Waals surface area (Å²) in [4.78, 5) is 83.3. The normalized spacial score (nSPS) is 13.3. The van der Waals surface area contributed by atoms with Gasteiger partial charge in [-0.2, -0.15) is 12.8 Å². The fourth-order valence-electron chi connectivity index (χ4n) is 9.04. The van der Waals surface area contributed by atoms with E-state index < -0.39 is 17.9 Å². The monoisotopic (exact) mass is 1420 g/mol. The Morgan fingerprint density at radius 3 is 1.32 bits per heavy atom. The number of nitrogens with zero attached hydrogens (tertiary/aromatic N) is 1. The van der Waals surface area contributed by atoms with E-state index in [-0.39, 0.29) is 99.7 Å². The molecule has 12 nitrogen and oxygen atoms in total. The van der Waals surface area contributed by atoms with Crippen molar-refractivity contribution >= 4 is 41.9 Å². The fourth-order valence-corrected chi connectivity index (χ4v) is 9.04. The summed E-state index contributed by atoms with van der Waals surface area (Å²) in [5, 5.41) is 8.96. The molecule has 1 aliphatic carbocycles. The van der Waals surface area contributed by atoms with E-state index in [1.165, 1.54) is 140 Å². The third-order valence-corrected chi connectivity index (χ3v) is 14.1. The van der Waals surface area contributed by atoms with E-state index in [2.05, 4.69) is 48.5 Å². The molecule has 84 heavy (non-hydrogen) atoms. The van der Waals surface area contributed by atoms with Gasteiger partial charge in [0.15, 0.2) is 0 Å². The zero-order valence-corrected chi connectivity index (χ0v) is 62.0. The maximum Gasteiger partial charge on any atom is 2.00 e. The van der Waals surface area contributed by atoms with Crippen LogP contribution in [-0.2, 0) is 47.8 Å². The summed E-state index contributed by atoms with van der Waals surface area (Å²) in [6.07, 6.45) is 43.0. The molecule has 498 valence electrons. The molecule has 0 bridgehead atoms. The van der Waals surface area contributed by atoms with Crippen molar-refractivity contribution in [2.24, 2.45) is 17.8 Å². The van der Waals surface area contributed by atoms with Crippen molar-refractivity contribution < 1.29 is 84.0 Å². The average molecular weight is 1420 g/mol. The number of ether oxygens (including phenoxy) is 3. The third kappa shape index (κ3) is 75.8. The van der Waals surface area contributed by atoms with Crippen molar-refractivity contribution in [2.75, 3.05) is 26.4 Å². The van der Waals surface area contributed by atoms with E-state index in [9.17, 15) is 33.6 Å². The first-order chi connectivity index (χ1) is 40.2. The Kier molecular flexibility index (Phi) is 91.7. The van der Waals surface area contributed by atoms with Crippen molar-refractivity contribution in [2.45, 2.75) is 366 Å². The van der Waals surface area contributed by atoms with Crippen LogP contribution in [0.5, 0.6) is 0 Å². The Morgan fingerprint density at radius 1 is 0.500 bits per heavy atom. The summed E-state index contributed by atoms with van der Waals surface area (Å²) in [5.41, 5.74) is 0. The molecule has 2 rings (SSSR count). The van der Waals surface area contributed by atoms with E-state index in [1.54, 1.807) is 6.92 Å². The number of ketones is 2. The number of rotatable bonds is 45. The maximum atomic E-state index is 12.6. The van der Waals surface area contributed by atoms with Crippen molar-refractivity contribution in [3.05, 3.63) is 6.92 Å². The minimum Gasteiger partial charge on any atom is -0.520 e. The van der Waals surface area contributed by atoms with Crippen molar-refractivity contribution in [3.63, 3.8) is 0 Å². The SMILES string of the molecule is CC.CC.CC.CCCC.CCCCCCCCC(=O)OCC(CC(=O)O)CC1CCC1.CCCCCCCCC(C)=O.CCCCCCCCCC(=O)CC(CC(=O)OCCCCCCCC)CC(=O)OCC1CCCN1[C-]=O.[CH2-]CC.[U+2]. The van der Waals surface area contributed by atoms with E-state index >= 15 is 0 Å². The van der Waals surface area contributed by atoms with Crippen LogP contribution in [0.2, 0.25) is 0 Å². The second kappa shape index (κ2) is 80.7. The Balaban J connectivity index is -0.000000212. The molecule has 1 amide bonds. The smallest absolute Gasteiger partial charge is 0.520 e. The van der Waals surface area contributed by atoms with Gasteiger partial charge in [0.05, 0.1) is 19.6 Å². The Bertz CT molecular complexity index is 1360. The summed E-state index contributed by atoms with van der Waals surface area (Å²) >= 11 is 0. The van der Waals surface area contributed by atoms with E-state index in [0.29, 0.717) is 37.7 Å². The first-order valence-electron chi connectivity index (χ1n) is 34.8. The van der Waals surface area contributed by atoms with Crippen LogP contribution in [0.4, 0.5) is 0 Å². The summed E-state index contributed by atoms with van der Waals surface area (Å²) in [5.74, 6) is -1.12. The van der Waals surface area contributed by atoms with Gasteiger partial charge in [0.25, 0.3) is 0 Å². The van der Waals surface area contributed by atoms with Gasteiger partial charge in [0.2, 0.25) is 0 Å². The van der Waals surface area contributed by atoms with Crippen LogP contribution in [0.1, 0.15) is 360 Å². The Morgan fingerprint density at radius 2 is 0.917 bits per heavy atom. The van der Waals surface area contributed by atoms with Gasteiger partial charge < -0.3 is 40.7 Å². The molecule has 1 saturated heterocycles. The number of amides is 1. The predicted molar refractivity (Wildman–Crippen MR) is 351 cm³/mol. The second-order valence-electron chi connectivity index (χ2n) is 22.1. The van der Waals surface area contributed by atoms with Crippen LogP contribution >= 0.6 is 0 Å². The van der Waals surface area contributed by atoms with Gasteiger partial charge in [0.1, 0.15) is 18.2 Å². The molecule has 13 heteroatoms. The van der Waals surface area contributed by atoms with Crippen LogP contribution < -0.4 is 0 Å². The number of carboxylic acids is 1. The second-order valence-corrected chi connectivity index (χ2v) is 22.1. The number of hydrogen-bond donors (Lipinski definition) is 1. The number of carbonyl (C=O) groups excluding carboxylic acids is 6. The van der Waals surface area contributed by atoms with Crippen molar-refractivity contribution in [3.8, 4) is 0 Å². The van der Waals surface area contributed by atoms with Crippen LogP contribution in [0.15, 0.2) is 0 Å². The number of Topliss-reactive ketones (excluding diaryl/α,β-unsaturated/α-hetero) is 2. The molecule has 1 heterocycles. The summed E-state index contributed by atoms with van der Waals surface area (Å²) in [7, 11) is 0. The van der Waals surface area contributed by atoms with Gasteiger partial charge in [-0.1, -0.05) is 257 Å². The molecule has 1 aliphatic heterocycles. The molecule has 0 aromatic carbocycles. The topological polar surface area (TPSA) is 171 Å². The maximum absolute atomic E-state index is 12.6. The number of unbranched alkanes of at least 4 members (excludes halogenated alkanes) is 22. The molecule has 3 unspecified atom stereocenters. The molecule has 1 N–H and O–H groups in total. The molecule has 2 aliphatic rings. The zero-order valence-electron chi connectivity index (χ0n) is 57.8. The van der Waals surface area contributed by atoms with Gasteiger partial charge in [-0.05, 0) is 70.3 Å². The largest absolute Gasteiger partial charge is 2.00 e. The zero-order chi connectivity index (χ0) is 64.0. The van der Waals surface area contributed by atoms with E-state index in [1.807, 2.05) is 54.9 Å². The van der Waals surface area contributed by atoms with Crippen LogP contribution in [0.25, 0.3) is 0 Å². The Hall–Kier alpha value is -2.26. The fraction of sp³-hybridized carbons (Fsp3) is 0.887. The summed E-state index contributed by atoms with van der Waals surface area (Å²) in [6.45, 7) is 33.7. The number of carboxylic acid groups (broad SMARTS) is 1. The first kappa shape index (κ1) is 95.4. The Labute approximate surface area is 544 Å². The van der Waals surface area contributed by atoms with Gasteiger partial charge in [-0.15, -0.1) is 0 Å². The molecule has 0 aromatic rings. The minimum atomic E-state index is -0.795. The van der Waals surface area contributed by atoms with Crippen LogP contribution in [-0.4, -0.2) is 84.3 Å². The summed E-state index contributed by atoms with van der Waals surface area (Å²) in [6, 6.07) is -0.138. The van der Waals surface area contributed by atoms with Crippen LogP contribution in [0, 0.1) is 55.8 Å². The van der Waals surface area contributed by atoms with Crippen LogP contribution in [0.3, 0.4) is 0 Å². The molecule has 0 aromatic heterocycles. The number of aliphatic carboxylic acids is 1. The predicted octanol–water partition coefficient (Wildman–Crippen LogP) is 20.5. The first-order valence-corrected chi connectivity index (χ1v) is 34.8. The van der Waals surface area contributed by atoms with Gasteiger partial charge in [0, 0.05) is 50.5 Å². The molecule has 1 saturated carbocycles. The van der Waals surface area contributed by atoms with Crippen molar-refractivity contribution in [1.29, 1.82) is 0 Å². The molecular weight excluding hydrogens is 1280 g/mol. The quantitative estimate of drug-likeness (QED) is 0.0266. The molecule has 0 spiro atoms. The summed E-state index contributed by atoms with van der Waals surface area (Å²) < 4.78 is 16.1. The van der Waals surface area contributed by atoms with E-state index in [4.69, 9.17) is 19.3 Å². The minimum absolute atomic E-state index is 0. The number of hydrogen-bond acceptors (Lipinski definition) is 10.